The van der Waals surface area contributed by atoms with E-state index in [-0.39, 0.29) is 23.3 Å². The van der Waals surface area contributed by atoms with Gasteiger partial charge in [-0.05, 0) is 42.7 Å². The summed E-state index contributed by atoms with van der Waals surface area (Å²) in [6, 6.07) is 16.4. The van der Waals surface area contributed by atoms with Crippen molar-refractivity contribution in [2.75, 3.05) is 27.2 Å². The summed E-state index contributed by atoms with van der Waals surface area (Å²) in [6.45, 7) is 1.69. The van der Waals surface area contributed by atoms with Crippen LogP contribution in [0.25, 0.3) is 0 Å². The van der Waals surface area contributed by atoms with Crippen LogP contribution in [-0.4, -0.2) is 60.6 Å². The fourth-order valence-corrected chi connectivity index (χ4v) is 5.79. The minimum Gasteiger partial charge on any atom is -0.497 e. The van der Waals surface area contributed by atoms with Crippen LogP contribution in [0.4, 0.5) is 0 Å². The Morgan fingerprint density at radius 3 is 2.56 bits per heavy atom. The lowest BCUT2D eigenvalue weighted by atomic mass is 9.98. The maximum absolute atomic E-state index is 13.2. The first-order valence-corrected chi connectivity index (χ1v) is 12.8. The van der Waals surface area contributed by atoms with Crippen LogP contribution in [0.2, 0.25) is 0 Å². The highest BCUT2D eigenvalue weighted by atomic mass is 32.2. The summed E-state index contributed by atoms with van der Waals surface area (Å²) in [7, 11) is -0.376. The van der Waals surface area contributed by atoms with E-state index in [2.05, 4.69) is 5.10 Å². The van der Waals surface area contributed by atoms with E-state index in [4.69, 9.17) is 4.74 Å². The van der Waals surface area contributed by atoms with E-state index >= 15 is 0 Å². The summed E-state index contributed by atoms with van der Waals surface area (Å²) in [6.07, 6.45) is 5.03. The smallest absolute Gasteiger partial charge is 0.243 e. The Balaban J connectivity index is 1.37. The minimum atomic E-state index is -3.67. The Morgan fingerprint density at radius 2 is 1.85 bits per heavy atom. The largest absolute Gasteiger partial charge is 0.497 e. The second-order valence-corrected chi connectivity index (χ2v) is 10.5. The molecule has 2 aromatic carbocycles. The van der Waals surface area contributed by atoms with Gasteiger partial charge in [-0.2, -0.15) is 9.40 Å². The van der Waals surface area contributed by atoms with Crippen molar-refractivity contribution in [3.8, 4) is 5.75 Å². The van der Waals surface area contributed by atoms with Gasteiger partial charge in [0.05, 0.1) is 30.7 Å². The Morgan fingerprint density at radius 1 is 1.12 bits per heavy atom. The van der Waals surface area contributed by atoms with Crippen molar-refractivity contribution in [1.29, 1.82) is 0 Å². The van der Waals surface area contributed by atoms with Gasteiger partial charge in [0.15, 0.2) is 0 Å². The van der Waals surface area contributed by atoms with E-state index in [9.17, 15) is 13.2 Å². The van der Waals surface area contributed by atoms with Crippen LogP contribution in [0, 0.1) is 5.92 Å². The normalized spacial score (nSPS) is 16.8. The van der Waals surface area contributed by atoms with E-state index in [1.54, 1.807) is 42.4 Å². The summed E-state index contributed by atoms with van der Waals surface area (Å²) in [5.41, 5.74) is 2.09. The Labute approximate surface area is 200 Å². The zero-order valence-electron chi connectivity index (χ0n) is 19.5. The molecule has 1 fully saturated rings. The number of piperidine rings is 1. The molecular weight excluding hydrogens is 452 g/mol. The van der Waals surface area contributed by atoms with E-state index < -0.39 is 10.0 Å². The molecule has 1 aromatic heterocycles. The predicted octanol–water partition coefficient (Wildman–Crippen LogP) is 3.00. The summed E-state index contributed by atoms with van der Waals surface area (Å²) >= 11 is 0. The zero-order chi connectivity index (χ0) is 24.1. The number of methoxy groups -OCH3 is 1. The average Bonchev–Trinajstić information content (AvgIpc) is 3.30. The van der Waals surface area contributed by atoms with Gasteiger partial charge in [-0.3, -0.25) is 9.48 Å². The van der Waals surface area contributed by atoms with Crippen molar-refractivity contribution in [3.05, 3.63) is 78.1 Å². The highest BCUT2D eigenvalue weighted by molar-refractivity contribution is 7.89. The number of aromatic nitrogens is 2. The highest BCUT2D eigenvalue weighted by Crippen LogP contribution is 2.26. The molecule has 1 aliphatic heterocycles. The van der Waals surface area contributed by atoms with Gasteiger partial charge in [-0.25, -0.2) is 8.42 Å². The van der Waals surface area contributed by atoms with Gasteiger partial charge < -0.3 is 9.64 Å². The quantitative estimate of drug-likeness (QED) is 0.493. The number of benzene rings is 2. The Kier molecular flexibility index (Phi) is 7.33. The minimum absolute atomic E-state index is 0.0505. The molecule has 0 saturated carbocycles. The van der Waals surface area contributed by atoms with Crippen molar-refractivity contribution < 1.29 is 17.9 Å². The number of hydrogen-bond donors (Lipinski definition) is 0. The lowest BCUT2D eigenvalue weighted by molar-refractivity contribution is -0.135. The molecule has 1 amide bonds. The van der Waals surface area contributed by atoms with Crippen LogP contribution >= 0.6 is 0 Å². The third-order valence-electron chi connectivity index (χ3n) is 6.10. The van der Waals surface area contributed by atoms with Gasteiger partial charge in [0.2, 0.25) is 15.9 Å². The van der Waals surface area contributed by atoms with Gasteiger partial charge in [0.25, 0.3) is 0 Å². The van der Waals surface area contributed by atoms with Crippen LogP contribution in [0.1, 0.15) is 24.0 Å². The fourth-order valence-electron chi connectivity index (χ4n) is 4.27. The third kappa shape index (κ3) is 5.48. The Hall–Kier alpha value is -3.17. The first kappa shape index (κ1) is 24.0. The van der Waals surface area contributed by atoms with Gasteiger partial charge in [0, 0.05) is 38.4 Å². The van der Waals surface area contributed by atoms with Gasteiger partial charge in [-0.1, -0.05) is 30.3 Å². The van der Waals surface area contributed by atoms with Crippen LogP contribution < -0.4 is 4.74 Å². The molecule has 4 rings (SSSR count). The number of carbonyl (C=O) groups is 1. The van der Waals surface area contributed by atoms with E-state index in [1.807, 2.05) is 41.2 Å². The maximum Gasteiger partial charge on any atom is 0.243 e. The van der Waals surface area contributed by atoms with Crippen LogP contribution in [0.15, 0.2) is 71.9 Å². The molecule has 1 atom stereocenters. The van der Waals surface area contributed by atoms with Gasteiger partial charge in [-0.15, -0.1) is 0 Å². The topological polar surface area (TPSA) is 84.7 Å². The maximum atomic E-state index is 13.2. The molecule has 0 unspecified atom stereocenters. The molecule has 1 aliphatic rings. The van der Waals surface area contributed by atoms with Crippen molar-refractivity contribution in [1.82, 2.24) is 19.0 Å². The van der Waals surface area contributed by atoms with Crippen molar-refractivity contribution in [3.63, 3.8) is 0 Å². The molecular formula is C25H30N4O4S. The molecule has 0 N–H and O–H groups in total. The molecule has 0 aliphatic carbocycles. The van der Waals surface area contributed by atoms with Crippen LogP contribution in [0.5, 0.6) is 5.75 Å². The Bertz CT molecular complexity index is 1210. The molecule has 0 bridgehead atoms. The average molecular weight is 483 g/mol. The van der Waals surface area contributed by atoms with E-state index in [1.165, 1.54) is 11.4 Å². The second kappa shape index (κ2) is 10.4. The number of rotatable bonds is 8. The zero-order valence-corrected chi connectivity index (χ0v) is 20.3. The predicted molar refractivity (Wildman–Crippen MR) is 129 cm³/mol. The molecule has 1 saturated heterocycles. The SMILES string of the molecule is COc1ccc(S(=O)(=O)N2CCC[C@H](C(=O)N(C)Cc3cnn(Cc4ccccc4)c3)C2)cc1. The summed E-state index contributed by atoms with van der Waals surface area (Å²) in [5, 5.41) is 4.41. The van der Waals surface area contributed by atoms with E-state index in [0.717, 1.165) is 11.1 Å². The molecule has 0 radical (unpaired) electrons. The standard InChI is InChI=1S/C25H30N4O4S/c1-27(16-21-15-26-28(18-21)17-20-7-4-3-5-8-20)25(30)22-9-6-14-29(19-22)34(31,32)24-12-10-23(33-2)11-13-24/h3-5,7-8,10-13,15,18,22H,6,9,14,16-17,19H2,1-2H3/t22-/m0/s1. The number of hydrogen-bond acceptors (Lipinski definition) is 5. The number of nitrogens with zero attached hydrogens (tertiary/aromatic N) is 4. The van der Waals surface area contributed by atoms with Gasteiger partial charge in [0.1, 0.15) is 5.75 Å². The number of carbonyl (C=O) groups excluding carboxylic acids is 1. The second-order valence-electron chi connectivity index (χ2n) is 8.60. The lowest BCUT2D eigenvalue weighted by Crippen LogP contribution is -2.45. The molecule has 8 nitrogen and oxygen atoms in total. The van der Waals surface area contributed by atoms with Crippen molar-refractivity contribution >= 4 is 15.9 Å². The molecule has 9 heteroatoms. The van der Waals surface area contributed by atoms with Crippen LogP contribution in [0.3, 0.4) is 0 Å². The number of amides is 1. The first-order valence-electron chi connectivity index (χ1n) is 11.3. The van der Waals surface area contributed by atoms with Gasteiger partial charge >= 0.3 is 0 Å². The summed E-state index contributed by atoms with van der Waals surface area (Å²) in [5.74, 6) is 0.177. The number of ether oxygens (including phenoxy) is 1. The summed E-state index contributed by atoms with van der Waals surface area (Å²) in [4.78, 5) is 15.0. The molecule has 0 spiro atoms. The van der Waals surface area contributed by atoms with E-state index in [0.29, 0.717) is 38.2 Å². The molecule has 2 heterocycles. The van der Waals surface area contributed by atoms with Crippen LogP contribution in [-0.2, 0) is 27.9 Å². The molecule has 34 heavy (non-hydrogen) atoms. The first-order chi connectivity index (χ1) is 16.4. The molecule has 180 valence electrons. The highest BCUT2D eigenvalue weighted by Gasteiger charge is 2.34. The number of sulfonamides is 1. The summed E-state index contributed by atoms with van der Waals surface area (Å²) < 4.78 is 34.6. The lowest BCUT2D eigenvalue weighted by Gasteiger charge is -2.33. The monoisotopic (exact) mass is 482 g/mol. The van der Waals surface area contributed by atoms with Crippen molar-refractivity contribution in [2.24, 2.45) is 5.92 Å². The fraction of sp³-hybridized carbons (Fsp3) is 0.360. The third-order valence-corrected chi connectivity index (χ3v) is 7.98. The van der Waals surface area contributed by atoms with Crippen molar-refractivity contribution in [2.45, 2.75) is 30.8 Å². The molecule has 3 aromatic rings.